The molecule has 1 fully saturated rings. The second-order valence-corrected chi connectivity index (χ2v) is 11.1. The normalized spacial score (nSPS) is 18.3. The Morgan fingerprint density at radius 2 is 1.65 bits per heavy atom. The van der Waals surface area contributed by atoms with Gasteiger partial charge in [-0.3, -0.25) is 9.59 Å². The van der Waals surface area contributed by atoms with Crippen molar-refractivity contribution in [3.63, 3.8) is 0 Å². The molecule has 2 unspecified atom stereocenters. The minimum absolute atomic E-state index is 0.0182. The minimum Gasteiger partial charge on any atom is -0.326 e. The number of hydrogen-bond donors (Lipinski definition) is 2. The van der Waals surface area contributed by atoms with Gasteiger partial charge in [0.05, 0.1) is 22.2 Å². The van der Waals surface area contributed by atoms with Gasteiger partial charge >= 0.3 is 0 Å². The summed E-state index contributed by atoms with van der Waals surface area (Å²) in [5, 5.41) is 5.11. The van der Waals surface area contributed by atoms with E-state index in [1.165, 1.54) is 18.2 Å². The molecule has 0 aliphatic heterocycles. The lowest BCUT2D eigenvalue weighted by Crippen LogP contribution is -2.18. The van der Waals surface area contributed by atoms with Crippen molar-refractivity contribution >= 4 is 89.9 Å². The van der Waals surface area contributed by atoms with Gasteiger partial charge < -0.3 is 10.6 Å². The quantitative estimate of drug-likeness (QED) is 0.275. The molecule has 1 aliphatic carbocycles. The van der Waals surface area contributed by atoms with Crippen LogP contribution in [0.1, 0.15) is 21.8 Å². The third-order valence-electron chi connectivity index (χ3n) is 5.30. The van der Waals surface area contributed by atoms with Crippen LogP contribution in [0.4, 0.5) is 20.2 Å². The van der Waals surface area contributed by atoms with Crippen molar-refractivity contribution in [2.45, 2.75) is 10.3 Å². The van der Waals surface area contributed by atoms with Gasteiger partial charge in [-0.15, -0.1) is 23.2 Å². The molecular formula is C23H13Br2Cl3F2N2O2. The Bertz CT molecular complexity index is 1320. The van der Waals surface area contributed by atoms with Crippen molar-refractivity contribution in [3.8, 4) is 0 Å². The lowest BCUT2D eigenvalue weighted by atomic mass is 10.1. The summed E-state index contributed by atoms with van der Waals surface area (Å²) in [5.41, 5.74) is 0.825. The van der Waals surface area contributed by atoms with Crippen LogP contribution in [0.3, 0.4) is 0 Å². The molecule has 11 heteroatoms. The fourth-order valence-corrected chi connectivity index (χ4v) is 5.23. The molecule has 0 bridgehead atoms. The predicted molar refractivity (Wildman–Crippen MR) is 137 cm³/mol. The monoisotopic (exact) mass is 650 g/mol. The van der Waals surface area contributed by atoms with Gasteiger partial charge in [0.15, 0.2) is 0 Å². The molecule has 0 aromatic heterocycles. The van der Waals surface area contributed by atoms with Gasteiger partial charge in [0, 0.05) is 26.6 Å². The van der Waals surface area contributed by atoms with Crippen molar-refractivity contribution in [1.82, 2.24) is 0 Å². The zero-order valence-electron chi connectivity index (χ0n) is 16.8. The molecule has 0 spiro atoms. The molecule has 4 nitrogen and oxygen atoms in total. The topological polar surface area (TPSA) is 58.2 Å². The second kappa shape index (κ2) is 9.74. The Labute approximate surface area is 225 Å². The molecule has 0 radical (unpaired) electrons. The summed E-state index contributed by atoms with van der Waals surface area (Å²) >= 11 is 25.8. The standard InChI is InChI=1S/C23H13Br2Cl3F2N2O2/c24-14-4-1-10(7-15(14)25)19-20(23(19,27)28)22(34)31-12-3-5-16(26)13(9-12)21(33)32-18-6-2-11(29)8-17(18)30/h1-9,19-20H,(H,31,34)(H,32,33). The number of nitrogens with one attached hydrogen (secondary N) is 2. The first-order valence-corrected chi connectivity index (χ1v) is 12.4. The Balaban J connectivity index is 1.51. The number of carbonyl (C=O) groups is 2. The van der Waals surface area contributed by atoms with Crippen LogP contribution in [0.15, 0.2) is 63.5 Å². The first kappa shape index (κ1) is 25.4. The van der Waals surface area contributed by atoms with Crippen molar-refractivity contribution in [1.29, 1.82) is 0 Å². The molecule has 1 aliphatic rings. The Morgan fingerprint density at radius 3 is 2.32 bits per heavy atom. The largest absolute Gasteiger partial charge is 0.326 e. The molecule has 176 valence electrons. The van der Waals surface area contributed by atoms with Crippen LogP contribution in [0.5, 0.6) is 0 Å². The maximum absolute atomic E-state index is 13.9. The smallest absolute Gasteiger partial charge is 0.257 e. The number of amides is 2. The third kappa shape index (κ3) is 5.11. The maximum atomic E-state index is 13.9. The molecule has 0 saturated heterocycles. The summed E-state index contributed by atoms with van der Waals surface area (Å²) in [7, 11) is 0. The van der Waals surface area contributed by atoms with E-state index in [9.17, 15) is 18.4 Å². The first-order valence-electron chi connectivity index (χ1n) is 9.68. The lowest BCUT2D eigenvalue weighted by Gasteiger charge is -2.11. The number of halogens is 7. The van der Waals surface area contributed by atoms with Crippen LogP contribution in [-0.4, -0.2) is 16.1 Å². The van der Waals surface area contributed by atoms with Crippen LogP contribution < -0.4 is 10.6 Å². The fourth-order valence-electron chi connectivity index (χ4n) is 3.55. The molecule has 4 rings (SSSR count). The molecule has 3 aromatic rings. The van der Waals surface area contributed by atoms with E-state index in [-0.39, 0.29) is 22.0 Å². The summed E-state index contributed by atoms with van der Waals surface area (Å²) in [5.74, 6) is -4.05. The molecule has 34 heavy (non-hydrogen) atoms. The van der Waals surface area contributed by atoms with E-state index in [1.807, 2.05) is 18.2 Å². The highest BCUT2D eigenvalue weighted by atomic mass is 79.9. The summed E-state index contributed by atoms with van der Waals surface area (Å²) in [4.78, 5) is 25.6. The molecule has 2 atom stereocenters. The second-order valence-electron chi connectivity index (χ2n) is 7.57. The van der Waals surface area contributed by atoms with E-state index < -0.39 is 39.6 Å². The zero-order valence-corrected chi connectivity index (χ0v) is 22.3. The number of rotatable bonds is 5. The lowest BCUT2D eigenvalue weighted by molar-refractivity contribution is -0.117. The minimum atomic E-state index is -1.30. The number of carbonyl (C=O) groups excluding carboxylic acids is 2. The summed E-state index contributed by atoms with van der Waals surface area (Å²) in [6.07, 6.45) is 0. The highest BCUT2D eigenvalue weighted by Crippen LogP contribution is 2.65. The van der Waals surface area contributed by atoms with E-state index in [0.717, 1.165) is 26.6 Å². The van der Waals surface area contributed by atoms with Crippen molar-refractivity contribution in [2.24, 2.45) is 5.92 Å². The number of alkyl halides is 2. The Kier molecular flexibility index (Phi) is 7.27. The van der Waals surface area contributed by atoms with Gasteiger partial charge in [0.25, 0.3) is 5.91 Å². The Hall–Kier alpha value is -1.71. The van der Waals surface area contributed by atoms with E-state index >= 15 is 0 Å². The van der Waals surface area contributed by atoms with E-state index in [2.05, 4.69) is 42.5 Å². The molecule has 2 N–H and O–H groups in total. The van der Waals surface area contributed by atoms with Gasteiger partial charge in [-0.25, -0.2) is 8.78 Å². The van der Waals surface area contributed by atoms with E-state index in [1.54, 1.807) is 0 Å². The highest BCUT2D eigenvalue weighted by molar-refractivity contribution is 9.13. The number of hydrogen-bond acceptors (Lipinski definition) is 2. The predicted octanol–water partition coefficient (Wildman–Crippen LogP) is 7.92. The van der Waals surface area contributed by atoms with Gasteiger partial charge in [0.1, 0.15) is 16.0 Å². The average molecular weight is 654 g/mol. The van der Waals surface area contributed by atoms with Crippen LogP contribution >= 0.6 is 66.7 Å². The van der Waals surface area contributed by atoms with Crippen LogP contribution in [0.2, 0.25) is 5.02 Å². The maximum Gasteiger partial charge on any atom is 0.257 e. The van der Waals surface area contributed by atoms with Gasteiger partial charge in [-0.1, -0.05) is 17.7 Å². The number of anilines is 2. The van der Waals surface area contributed by atoms with Crippen molar-refractivity contribution < 1.29 is 18.4 Å². The van der Waals surface area contributed by atoms with Gasteiger partial charge in [0.2, 0.25) is 5.91 Å². The van der Waals surface area contributed by atoms with Crippen molar-refractivity contribution in [2.75, 3.05) is 10.6 Å². The SMILES string of the molecule is O=C(Nc1ccc(F)cc1F)c1cc(NC(=O)C2C(c3ccc(Br)c(Br)c3)C2(Cl)Cl)ccc1Cl. The van der Waals surface area contributed by atoms with E-state index in [0.29, 0.717) is 6.07 Å². The summed E-state index contributed by atoms with van der Waals surface area (Å²) in [6, 6.07) is 12.5. The van der Waals surface area contributed by atoms with Gasteiger partial charge in [-0.05, 0) is 79.9 Å². The summed E-state index contributed by atoms with van der Waals surface area (Å²) < 4.78 is 27.3. The van der Waals surface area contributed by atoms with Crippen LogP contribution in [0, 0.1) is 17.6 Å². The molecule has 3 aromatic carbocycles. The number of benzene rings is 3. The van der Waals surface area contributed by atoms with Crippen molar-refractivity contribution in [3.05, 3.63) is 91.3 Å². The molecule has 2 amide bonds. The average Bonchev–Trinajstić information content (AvgIpc) is 3.35. The molecule has 1 saturated carbocycles. The molecule has 0 heterocycles. The third-order valence-corrected chi connectivity index (χ3v) is 8.45. The summed E-state index contributed by atoms with van der Waals surface area (Å²) in [6.45, 7) is 0. The zero-order chi connectivity index (χ0) is 24.8. The highest BCUT2D eigenvalue weighted by Gasteiger charge is 2.67. The van der Waals surface area contributed by atoms with Gasteiger partial charge in [-0.2, -0.15) is 0 Å². The van der Waals surface area contributed by atoms with Crippen LogP contribution in [0.25, 0.3) is 0 Å². The van der Waals surface area contributed by atoms with Crippen LogP contribution in [-0.2, 0) is 4.79 Å². The molecular weight excluding hydrogens is 640 g/mol. The fraction of sp³-hybridized carbons (Fsp3) is 0.130. The Morgan fingerprint density at radius 1 is 0.912 bits per heavy atom. The first-order chi connectivity index (χ1) is 16.0. The van der Waals surface area contributed by atoms with E-state index in [4.69, 9.17) is 34.8 Å².